The van der Waals surface area contributed by atoms with Crippen molar-refractivity contribution in [2.75, 3.05) is 21.2 Å². The van der Waals surface area contributed by atoms with Gasteiger partial charge in [0.25, 0.3) is 0 Å². The fourth-order valence-corrected chi connectivity index (χ4v) is 2.62. The van der Waals surface area contributed by atoms with Gasteiger partial charge < -0.3 is 14.2 Å². The highest BCUT2D eigenvalue weighted by Gasteiger charge is 2.31. The monoisotopic (exact) mass is 258 g/mol. The normalized spacial score (nSPS) is 24.9. The second-order valence-electron chi connectivity index (χ2n) is 5.34. The van der Waals surface area contributed by atoms with Gasteiger partial charge in [0, 0.05) is 29.6 Å². The van der Waals surface area contributed by atoms with Gasteiger partial charge in [-0.15, -0.1) is 6.42 Å². The SMILES string of the molecule is C#C/C=c1\c(=C(/C)OC)ccn1C1CC(N(C)C)C1. The summed E-state index contributed by atoms with van der Waals surface area (Å²) < 4.78 is 7.62. The first-order valence-electron chi connectivity index (χ1n) is 6.63. The van der Waals surface area contributed by atoms with Crippen LogP contribution in [-0.4, -0.2) is 36.7 Å². The summed E-state index contributed by atoms with van der Waals surface area (Å²) in [6, 6.07) is 3.32. The summed E-state index contributed by atoms with van der Waals surface area (Å²) in [5.41, 5.74) is 0. The minimum absolute atomic E-state index is 0.547. The minimum atomic E-state index is 0.547. The molecule has 1 fully saturated rings. The molecule has 102 valence electrons. The van der Waals surface area contributed by atoms with E-state index in [1.807, 2.05) is 13.0 Å². The van der Waals surface area contributed by atoms with Crippen molar-refractivity contribution in [3.8, 4) is 12.3 Å². The van der Waals surface area contributed by atoms with Crippen LogP contribution in [0.3, 0.4) is 0 Å². The molecule has 0 saturated heterocycles. The Labute approximate surface area is 115 Å². The fraction of sp³-hybridized carbons (Fsp3) is 0.500. The van der Waals surface area contributed by atoms with Crippen molar-refractivity contribution >= 4 is 11.8 Å². The standard InChI is InChI=1S/C16H22N2O/c1-6-7-16-15(12(2)19-5)8-9-18(16)14-10-13(11-14)17(3)4/h1,7-9,13-14H,10-11H2,2-5H3/b15-12+,16-7+. The summed E-state index contributed by atoms with van der Waals surface area (Å²) in [6.45, 7) is 1.97. The fourth-order valence-electron chi connectivity index (χ4n) is 2.62. The summed E-state index contributed by atoms with van der Waals surface area (Å²) in [7, 11) is 5.97. The molecule has 19 heavy (non-hydrogen) atoms. The van der Waals surface area contributed by atoms with Crippen molar-refractivity contribution in [2.45, 2.75) is 31.8 Å². The molecule has 0 radical (unpaired) electrons. The molecule has 0 spiro atoms. The molecule has 1 aromatic rings. The van der Waals surface area contributed by atoms with E-state index in [0.29, 0.717) is 12.1 Å². The summed E-state index contributed by atoms with van der Waals surface area (Å²) in [6.07, 6.45) is 11.8. The maximum atomic E-state index is 5.46. The smallest absolute Gasteiger partial charge is 0.102 e. The Morgan fingerprint density at radius 2 is 2.21 bits per heavy atom. The Morgan fingerprint density at radius 3 is 2.74 bits per heavy atom. The summed E-state index contributed by atoms with van der Waals surface area (Å²) >= 11 is 0. The molecular weight excluding hydrogens is 236 g/mol. The number of rotatable bonds is 3. The van der Waals surface area contributed by atoms with Crippen LogP contribution in [0.25, 0.3) is 11.8 Å². The molecule has 0 aromatic carbocycles. The van der Waals surface area contributed by atoms with Crippen molar-refractivity contribution in [2.24, 2.45) is 0 Å². The number of nitrogens with zero attached hydrogens (tertiary/aromatic N) is 2. The van der Waals surface area contributed by atoms with Gasteiger partial charge >= 0.3 is 0 Å². The summed E-state index contributed by atoms with van der Waals surface area (Å²) in [5.74, 6) is 3.55. The van der Waals surface area contributed by atoms with E-state index in [4.69, 9.17) is 11.2 Å². The number of hydrogen-bond acceptors (Lipinski definition) is 2. The Bertz CT molecular complexity index is 598. The highest BCUT2D eigenvalue weighted by Crippen LogP contribution is 2.33. The number of ether oxygens (including phenoxy) is 1. The molecule has 1 aliphatic rings. The number of terminal acetylenes is 1. The van der Waals surface area contributed by atoms with E-state index in [1.165, 1.54) is 12.8 Å². The van der Waals surface area contributed by atoms with Crippen LogP contribution < -0.4 is 10.6 Å². The van der Waals surface area contributed by atoms with Gasteiger partial charge in [-0.3, -0.25) is 0 Å². The zero-order valence-electron chi connectivity index (χ0n) is 12.2. The molecule has 1 aliphatic carbocycles. The zero-order valence-corrected chi connectivity index (χ0v) is 12.2. The highest BCUT2D eigenvalue weighted by molar-refractivity contribution is 5.45. The predicted octanol–water partition coefficient (Wildman–Crippen LogP) is 0.941. The summed E-state index contributed by atoms with van der Waals surface area (Å²) in [5, 5.41) is 2.18. The van der Waals surface area contributed by atoms with Crippen LogP contribution >= 0.6 is 0 Å². The molecule has 1 saturated carbocycles. The lowest BCUT2D eigenvalue weighted by Gasteiger charge is -2.40. The van der Waals surface area contributed by atoms with Crippen LogP contribution in [0.5, 0.6) is 0 Å². The van der Waals surface area contributed by atoms with Crippen LogP contribution in [0.15, 0.2) is 12.3 Å². The van der Waals surface area contributed by atoms with Gasteiger partial charge in [-0.05, 0) is 39.9 Å². The van der Waals surface area contributed by atoms with Gasteiger partial charge in [0.15, 0.2) is 0 Å². The number of aromatic nitrogens is 1. The van der Waals surface area contributed by atoms with Crippen molar-refractivity contribution in [3.63, 3.8) is 0 Å². The van der Waals surface area contributed by atoms with Gasteiger partial charge in [0.1, 0.15) is 5.76 Å². The summed E-state index contributed by atoms with van der Waals surface area (Å²) in [4.78, 5) is 2.29. The van der Waals surface area contributed by atoms with Crippen molar-refractivity contribution in [1.82, 2.24) is 9.47 Å². The maximum Gasteiger partial charge on any atom is 0.102 e. The molecule has 0 amide bonds. The Kier molecular flexibility index (Phi) is 4.01. The third kappa shape index (κ3) is 2.54. The van der Waals surface area contributed by atoms with E-state index in [1.54, 1.807) is 7.11 Å². The lowest BCUT2D eigenvalue weighted by Crippen LogP contribution is -2.45. The molecule has 3 nitrogen and oxygen atoms in total. The van der Waals surface area contributed by atoms with Crippen LogP contribution in [0, 0.1) is 12.3 Å². The van der Waals surface area contributed by atoms with Crippen LogP contribution in [-0.2, 0) is 4.74 Å². The lowest BCUT2D eigenvalue weighted by molar-refractivity contribution is 0.127. The van der Waals surface area contributed by atoms with E-state index in [2.05, 4.69) is 41.7 Å². The quantitative estimate of drug-likeness (QED) is 0.751. The molecule has 0 N–H and O–H groups in total. The van der Waals surface area contributed by atoms with E-state index < -0.39 is 0 Å². The van der Waals surface area contributed by atoms with Gasteiger partial charge in [-0.2, -0.15) is 0 Å². The minimum Gasteiger partial charge on any atom is -0.501 e. The van der Waals surface area contributed by atoms with E-state index >= 15 is 0 Å². The predicted molar refractivity (Wildman–Crippen MR) is 78.8 cm³/mol. The van der Waals surface area contributed by atoms with Crippen LogP contribution in [0.4, 0.5) is 0 Å². The molecule has 0 atom stereocenters. The third-order valence-corrected chi connectivity index (χ3v) is 4.07. The molecule has 0 unspecified atom stereocenters. The second-order valence-corrected chi connectivity index (χ2v) is 5.34. The second kappa shape index (κ2) is 5.54. The van der Waals surface area contributed by atoms with Gasteiger partial charge in [-0.25, -0.2) is 0 Å². The van der Waals surface area contributed by atoms with Crippen LogP contribution in [0.2, 0.25) is 0 Å². The molecule has 3 heteroatoms. The first-order valence-corrected chi connectivity index (χ1v) is 6.63. The van der Waals surface area contributed by atoms with Gasteiger partial charge in [0.05, 0.1) is 12.5 Å². The molecule has 1 aromatic heterocycles. The van der Waals surface area contributed by atoms with Crippen molar-refractivity contribution in [1.29, 1.82) is 0 Å². The molecular formula is C16H22N2O. The average molecular weight is 258 g/mol. The van der Waals surface area contributed by atoms with Crippen molar-refractivity contribution < 1.29 is 4.74 Å². The molecule has 0 aliphatic heterocycles. The van der Waals surface area contributed by atoms with E-state index in [0.717, 1.165) is 16.3 Å². The topological polar surface area (TPSA) is 17.4 Å². The van der Waals surface area contributed by atoms with Gasteiger partial charge in [-0.1, -0.05) is 5.92 Å². The Balaban J connectivity index is 2.38. The van der Waals surface area contributed by atoms with Crippen LogP contribution in [0.1, 0.15) is 25.8 Å². The maximum absolute atomic E-state index is 5.46. The molecule has 0 bridgehead atoms. The largest absolute Gasteiger partial charge is 0.501 e. The van der Waals surface area contributed by atoms with Gasteiger partial charge in [0.2, 0.25) is 0 Å². The number of methoxy groups -OCH3 is 1. The van der Waals surface area contributed by atoms with E-state index in [-0.39, 0.29) is 0 Å². The highest BCUT2D eigenvalue weighted by atomic mass is 16.5. The lowest BCUT2D eigenvalue weighted by atomic mass is 9.86. The molecule has 1 heterocycles. The first-order chi connectivity index (χ1) is 9.08. The first kappa shape index (κ1) is 13.8. The van der Waals surface area contributed by atoms with Crippen molar-refractivity contribution in [3.05, 3.63) is 22.8 Å². The molecule has 2 rings (SSSR count). The Morgan fingerprint density at radius 1 is 1.53 bits per heavy atom. The number of hydrogen-bond donors (Lipinski definition) is 0. The van der Waals surface area contributed by atoms with E-state index in [9.17, 15) is 0 Å². The Hall–Kier alpha value is -1.66. The third-order valence-electron chi connectivity index (χ3n) is 4.07. The zero-order chi connectivity index (χ0) is 14.0. The average Bonchev–Trinajstić information content (AvgIpc) is 2.70.